The Balaban J connectivity index is 1.76. The summed E-state index contributed by atoms with van der Waals surface area (Å²) in [5, 5.41) is 9.03. The van der Waals surface area contributed by atoms with E-state index in [0.717, 1.165) is 54.7 Å². The molecule has 2 N–H and O–H groups in total. The molecule has 0 spiro atoms. The molecule has 0 radical (unpaired) electrons. The number of nitrogens with zero attached hydrogens (tertiary/aromatic N) is 5. The number of nitrogens with two attached hydrogens (primary N) is 1. The second kappa shape index (κ2) is 6.72. The van der Waals surface area contributed by atoms with Gasteiger partial charge in [-0.25, -0.2) is 4.98 Å². The Labute approximate surface area is 165 Å². The normalized spacial score (nSPS) is 15.6. The van der Waals surface area contributed by atoms with Gasteiger partial charge in [-0.2, -0.15) is 10.1 Å². The monoisotopic (exact) mass is 380 g/mol. The van der Waals surface area contributed by atoms with Crippen LogP contribution in [0, 0.1) is 12.3 Å². The number of fused-ring (bicyclic) bond motifs is 1. The smallest absolute Gasteiger partial charge is 0.279 e. The zero-order valence-corrected chi connectivity index (χ0v) is 17.3. The maximum atomic E-state index is 6.00. The summed E-state index contributed by atoms with van der Waals surface area (Å²) in [6, 6.07) is 2.01. The minimum absolute atomic E-state index is 0.292. The first-order chi connectivity index (χ1) is 13.3. The van der Waals surface area contributed by atoms with Gasteiger partial charge in [-0.3, -0.25) is 4.68 Å². The van der Waals surface area contributed by atoms with Gasteiger partial charge in [0.05, 0.1) is 5.69 Å². The van der Waals surface area contributed by atoms with E-state index in [2.05, 4.69) is 47.5 Å². The third kappa shape index (κ3) is 3.08. The van der Waals surface area contributed by atoms with Gasteiger partial charge in [-0.05, 0) is 56.6 Å². The molecule has 0 aromatic carbocycles. The van der Waals surface area contributed by atoms with Gasteiger partial charge in [0.1, 0.15) is 5.82 Å². The molecule has 0 saturated carbocycles. The van der Waals surface area contributed by atoms with Crippen molar-refractivity contribution in [2.24, 2.45) is 5.41 Å². The molecule has 0 fully saturated rings. The summed E-state index contributed by atoms with van der Waals surface area (Å²) in [5.41, 5.74) is 12.3. The van der Waals surface area contributed by atoms with Crippen molar-refractivity contribution in [3.63, 3.8) is 0 Å². The highest BCUT2D eigenvalue weighted by molar-refractivity contribution is 5.65. The first-order valence-electron chi connectivity index (χ1n) is 10.0. The van der Waals surface area contributed by atoms with Crippen molar-refractivity contribution in [2.45, 2.75) is 66.8 Å². The molecule has 4 rings (SSSR count). The lowest BCUT2D eigenvalue weighted by molar-refractivity contribution is 0.304. The van der Waals surface area contributed by atoms with Crippen LogP contribution in [0.1, 0.15) is 56.6 Å². The number of aromatic nitrogens is 5. The quantitative estimate of drug-likeness (QED) is 0.735. The minimum Gasteiger partial charge on any atom is -0.383 e. The number of hydrogen-bond acceptors (Lipinski definition) is 6. The Morgan fingerprint density at radius 1 is 1.25 bits per heavy atom. The summed E-state index contributed by atoms with van der Waals surface area (Å²) in [4.78, 5) is 9.12. The lowest BCUT2D eigenvalue weighted by Gasteiger charge is -2.30. The number of nitrogen functional groups attached to an aromatic ring is 1. The summed E-state index contributed by atoms with van der Waals surface area (Å²) in [7, 11) is 0. The summed E-state index contributed by atoms with van der Waals surface area (Å²) in [6.07, 6.45) is 3.94. The van der Waals surface area contributed by atoms with E-state index < -0.39 is 0 Å². The third-order valence-corrected chi connectivity index (χ3v) is 5.74. The van der Waals surface area contributed by atoms with Crippen LogP contribution in [-0.4, -0.2) is 24.9 Å². The molecule has 0 unspecified atom stereocenters. The SMILES string of the molecule is CCc1cc(-c2noc(-c3nn(CC)c4c3CCC(C)(C)C4)n2)c(C)nc1N. The molecule has 1 aliphatic rings. The maximum absolute atomic E-state index is 6.00. The van der Waals surface area contributed by atoms with E-state index in [-0.39, 0.29) is 0 Å². The van der Waals surface area contributed by atoms with E-state index in [9.17, 15) is 0 Å². The zero-order chi connectivity index (χ0) is 20.1. The van der Waals surface area contributed by atoms with Crippen LogP contribution < -0.4 is 5.73 Å². The molecule has 0 atom stereocenters. The fourth-order valence-electron chi connectivity index (χ4n) is 4.04. The van der Waals surface area contributed by atoms with Crippen LogP contribution >= 0.6 is 0 Å². The Morgan fingerprint density at radius 2 is 2.04 bits per heavy atom. The van der Waals surface area contributed by atoms with E-state index >= 15 is 0 Å². The number of pyridine rings is 1. The molecule has 148 valence electrons. The Morgan fingerprint density at radius 3 is 2.75 bits per heavy atom. The summed E-state index contributed by atoms with van der Waals surface area (Å²) in [5.74, 6) is 1.57. The van der Waals surface area contributed by atoms with E-state index in [1.165, 1.54) is 11.3 Å². The highest BCUT2D eigenvalue weighted by Crippen LogP contribution is 2.39. The van der Waals surface area contributed by atoms with Crippen molar-refractivity contribution in [1.29, 1.82) is 0 Å². The summed E-state index contributed by atoms with van der Waals surface area (Å²) < 4.78 is 7.73. The molecule has 7 nitrogen and oxygen atoms in total. The molecule has 1 aliphatic carbocycles. The molecule has 3 aromatic rings. The predicted octanol–water partition coefficient (Wildman–Crippen LogP) is 3.98. The Bertz CT molecular complexity index is 1030. The highest BCUT2D eigenvalue weighted by Gasteiger charge is 2.32. The second-order valence-electron chi connectivity index (χ2n) is 8.37. The molecule has 0 aliphatic heterocycles. The Hall–Kier alpha value is -2.70. The molecule has 3 aromatic heterocycles. The predicted molar refractivity (Wildman–Crippen MR) is 109 cm³/mol. The Kier molecular flexibility index (Phi) is 4.48. The highest BCUT2D eigenvalue weighted by atomic mass is 16.5. The maximum Gasteiger partial charge on any atom is 0.279 e. The van der Waals surface area contributed by atoms with Crippen LogP contribution in [-0.2, 0) is 25.8 Å². The number of anilines is 1. The summed E-state index contributed by atoms with van der Waals surface area (Å²) >= 11 is 0. The van der Waals surface area contributed by atoms with Crippen LogP contribution in [0.4, 0.5) is 5.82 Å². The average Bonchev–Trinajstić information content (AvgIpc) is 3.25. The van der Waals surface area contributed by atoms with Crippen LogP contribution in [0.15, 0.2) is 10.6 Å². The third-order valence-electron chi connectivity index (χ3n) is 5.74. The van der Waals surface area contributed by atoms with Crippen LogP contribution in [0.5, 0.6) is 0 Å². The van der Waals surface area contributed by atoms with Gasteiger partial charge >= 0.3 is 0 Å². The molecule has 0 amide bonds. The standard InChI is InChI=1S/C21H28N6O/c1-6-13-10-15(12(3)23-18(13)22)19-24-20(28-26-19)17-14-8-9-21(4,5)11-16(14)27(7-2)25-17/h10H,6-9,11H2,1-5H3,(H2,22,23). The molecule has 0 saturated heterocycles. The number of rotatable bonds is 4. The van der Waals surface area contributed by atoms with Gasteiger partial charge in [-0.15, -0.1) is 0 Å². The zero-order valence-electron chi connectivity index (χ0n) is 17.3. The number of aryl methyl sites for hydroxylation is 3. The fourth-order valence-corrected chi connectivity index (χ4v) is 4.04. The van der Waals surface area contributed by atoms with Gasteiger partial charge in [0.2, 0.25) is 5.82 Å². The lowest BCUT2D eigenvalue weighted by Crippen LogP contribution is -2.24. The van der Waals surface area contributed by atoms with E-state index in [0.29, 0.717) is 22.9 Å². The van der Waals surface area contributed by atoms with Crippen molar-refractivity contribution >= 4 is 5.82 Å². The minimum atomic E-state index is 0.292. The van der Waals surface area contributed by atoms with Crippen LogP contribution in [0.2, 0.25) is 0 Å². The number of hydrogen-bond donors (Lipinski definition) is 1. The van der Waals surface area contributed by atoms with Crippen molar-refractivity contribution < 1.29 is 4.52 Å². The van der Waals surface area contributed by atoms with Crippen LogP contribution in [0.25, 0.3) is 23.0 Å². The van der Waals surface area contributed by atoms with Crippen molar-refractivity contribution in [3.05, 3.63) is 28.6 Å². The fraction of sp³-hybridized carbons (Fsp3) is 0.524. The van der Waals surface area contributed by atoms with E-state index in [4.69, 9.17) is 15.4 Å². The molecular weight excluding hydrogens is 352 g/mol. The van der Waals surface area contributed by atoms with Crippen molar-refractivity contribution in [1.82, 2.24) is 24.9 Å². The topological polar surface area (TPSA) is 95.6 Å². The van der Waals surface area contributed by atoms with Gasteiger partial charge in [0, 0.05) is 23.4 Å². The molecule has 7 heteroatoms. The van der Waals surface area contributed by atoms with Crippen molar-refractivity contribution in [2.75, 3.05) is 5.73 Å². The summed E-state index contributed by atoms with van der Waals surface area (Å²) in [6.45, 7) is 11.6. The van der Waals surface area contributed by atoms with Gasteiger partial charge in [0.25, 0.3) is 5.89 Å². The second-order valence-corrected chi connectivity index (χ2v) is 8.37. The van der Waals surface area contributed by atoms with Gasteiger partial charge in [0.15, 0.2) is 5.69 Å². The van der Waals surface area contributed by atoms with Crippen LogP contribution in [0.3, 0.4) is 0 Å². The van der Waals surface area contributed by atoms with E-state index in [1.807, 2.05) is 13.0 Å². The first kappa shape index (κ1) is 18.7. The first-order valence-corrected chi connectivity index (χ1v) is 10.0. The molecule has 3 heterocycles. The molecular formula is C21H28N6O. The average molecular weight is 380 g/mol. The lowest BCUT2D eigenvalue weighted by atomic mass is 9.76. The molecule has 0 bridgehead atoms. The van der Waals surface area contributed by atoms with Crippen molar-refractivity contribution in [3.8, 4) is 23.0 Å². The van der Waals surface area contributed by atoms with Gasteiger partial charge < -0.3 is 10.3 Å². The largest absolute Gasteiger partial charge is 0.383 e. The van der Waals surface area contributed by atoms with E-state index in [1.54, 1.807) is 0 Å². The van der Waals surface area contributed by atoms with Gasteiger partial charge in [-0.1, -0.05) is 25.9 Å². The molecule has 28 heavy (non-hydrogen) atoms.